The number of hydrogen-bond acceptors (Lipinski definition) is 6. The molecule has 140 valence electrons. The van der Waals surface area contributed by atoms with Crippen LogP contribution in [0.4, 0.5) is 0 Å². The minimum atomic E-state index is -1.22. The number of hydrogen-bond donors (Lipinski definition) is 1. The van der Waals surface area contributed by atoms with Gasteiger partial charge in [-0.05, 0) is 49.0 Å². The third kappa shape index (κ3) is 3.34. The van der Waals surface area contributed by atoms with Gasteiger partial charge >= 0.3 is 0 Å². The van der Waals surface area contributed by atoms with Crippen molar-refractivity contribution in [3.8, 4) is 0 Å². The third-order valence-electron chi connectivity index (χ3n) is 4.19. The Morgan fingerprint density at radius 3 is 2.68 bits per heavy atom. The van der Waals surface area contributed by atoms with Crippen molar-refractivity contribution in [1.82, 2.24) is 15.3 Å². The van der Waals surface area contributed by atoms with Crippen LogP contribution in [0.15, 0.2) is 62.5 Å². The van der Waals surface area contributed by atoms with Gasteiger partial charge in [0.05, 0.1) is 5.71 Å². The van der Waals surface area contributed by atoms with Crippen LogP contribution in [0, 0.1) is 0 Å². The van der Waals surface area contributed by atoms with E-state index in [1.165, 1.54) is 0 Å². The molecule has 1 aromatic heterocycles. The lowest BCUT2D eigenvalue weighted by Crippen LogP contribution is -2.37. The number of oxazole rings is 1. The molecular formula is C19H13BrN4O3S. The van der Waals surface area contributed by atoms with Gasteiger partial charge in [-0.15, -0.1) is 0 Å². The number of carbonyl (C=O) groups is 2. The van der Waals surface area contributed by atoms with Gasteiger partial charge in [-0.2, -0.15) is 10.1 Å². The van der Waals surface area contributed by atoms with Gasteiger partial charge in [-0.25, -0.2) is 4.98 Å². The molecule has 3 aromatic rings. The number of hydrazone groups is 1. The normalized spacial score (nSPS) is 17.3. The summed E-state index contributed by atoms with van der Waals surface area (Å²) in [5.41, 5.74) is 2.42. The molecule has 2 heterocycles. The number of nitrogens with zero attached hydrogens (tertiary/aromatic N) is 3. The fraction of sp³-hybridized carbons (Fsp3) is 0.105. The fourth-order valence-electron chi connectivity index (χ4n) is 2.74. The van der Waals surface area contributed by atoms with Crippen molar-refractivity contribution in [3.05, 3.63) is 64.5 Å². The average molecular weight is 457 g/mol. The third-order valence-corrected chi connectivity index (χ3v) is 5.01. The zero-order chi connectivity index (χ0) is 19.8. The predicted octanol–water partition coefficient (Wildman–Crippen LogP) is 3.28. The molecular weight excluding hydrogens is 444 g/mol. The van der Waals surface area contributed by atoms with Crippen LogP contribution in [0.2, 0.25) is 0 Å². The smallest absolute Gasteiger partial charge is 0.280 e. The van der Waals surface area contributed by atoms with Crippen molar-refractivity contribution >= 4 is 61.8 Å². The monoisotopic (exact) mass is 456 g/mol. The fourth-order valence-corrected chi connectivity index (χ4v) is 3.25. The molecule has 0 saturated carbocycles. The Labute approximate surface area is 173 Å². The summed E-state index contributed by atoms with van der Waals surface area (Å²) in [5.74, 6) is -1.32. The van der Waals surface area contributed by atoms with Crippen molar-refractivity contribution in [2.24, 2.45) is 5.10 Å². The van der Waals surface area contributed by atoms with Gasteiger partial charge < -0.3 is 9.73 Å². The molecule has 1 aliphatic rings. The first-order chi connectivity index (χ1) is 13.4. The molecule has 4 rings (SSSR count). The molecule has 7 nitrogen and oxygen atoms in total. The van der Waals surface area contributed by atoms with Crippen molar-refractivity contribution < 1.29 is 14.0 Å². The largest absolute Gasteiger partial charge is 0.434 e. The highest BCUT2D eigenvalue weighted by molar-refractivity contribution is 9.10. The molecule has 1 saturated heterocycles. The van der Waals surface area contributed by atoms with Crippen LogP contribution in [-0.4, -0.2) is 38.5 Å². The van der Waals surface area contributed by atoms with Crippen molar-refractivity contribution in [2.45, 2.75) is 13.0 Å². The topological polar surface area (TPSA) is 87.8 Å². The summed E-state index contributed by atoms with van der Waals surface area (Å²) < 4.78 is 6.40. The molecule has 1 atom stereocenters. The minimum Gasteiger partial charge on any atom is -0.434 e. The predicted molar refractivity (Wildman–Crippen MR) is 111 cm³/mol. The molecule has 0 bridgehead atoms. The second-order valence-electron chi connectivity index (χ2n) is 6.08. The highest BCUT2D eigenvalue weighted by atomic mass is 79.9. The zero-order valence-electron chi connectivity index (χ0n) is 14.5. The van der Waals surface area contributed by atoms with E-state index in [-0.39, 0.29) is 11.0 Å². The van der Waals surface area contributed by atoms with Gasteiger partial charge in [0.25, 0.3) is 11.8 Å². The SMILES string of the molecule is C/C(=N\N1C(=O)C(C(=O)c2nc3ccccc3o2)NC1=S)c1ccc(Br)cc1. The Morgan fingerprint density at radius 1 is 1.25 bits per heavy atom. The molecule has 0 spiro atoms. The molecule has 1 fully saturated rings. The lowest BCUT2D eigenvalue weighted by Gasteiger charge is -2.09. The summed E-state index contributed by atoms with van der Waals surface area (Å²) in [5, 5.41) is 8.07. The first-order valence-electron chi connectivity index (χ1n) is 8.29. The van der Waals surface area contributed by atoms with Crippen LogP contribution in [0.5, 0.6) is 0 Å². The number of benzene rings is 2. The summed E-state index contributed by atoms with van der Waals surface area (Å²) in [6, 6.07) is 13.2. The van der Waals surface area contributed by atoms with E-state index >= 15 is 0 Å². The van der Waals surface area contributed by atoms with E-state index in [9.17, 15) is 9.59 Å². The number of fused-ring (bicyclic) bond motifs is 1. The van der Waals surface area contributed by atoms with Gasteiger partial charge in [0.1, 0.15) is 5.52 Å². The number of rotatable bonds is 4. The second-order valence-corrected chi connectivity index (χ2v) is 7.38. The van der Waals surface area contributed by atoms with Gasteiger partial charge in [0, 0.05) is 4.47 Å². The van der Waals surface area contributed by atoms with E-state index in [0.717, 1.165) is 15.0 Å². The molecule has 9 heteroatoms. The summed E-state index contributed by atoms with van der Waals surface area (Å²) in [4.78, 5) is 29.6. The number of nitrogens with one attached hydrogen (secondary N) is 1. The number of amides is 1. The zero-order valence-corrected chi connectivity index (χ0v) is 17.0. The summed E-state index contributed by atoms with van der Waals surface area (Å²) in [6.45, 7) is 1.76. The van der Waals surface area contributed by atoms with E-state index in [0.29, 0.717) is 16.8 Å². The van der Waals surface area contributed by atoms with E-state index in [1.54, 1.807) is 31.2 Å². The molecule has 28 heavy (non-hydrogen) atoms. The summed E-state index contributed by atoms with van der Waals surface area (Å²) in [6.07, 6.45) is 0. The number of ketones is 1. The molecule has 1 aliphatic heterocycles. The molecule has 1 unspecified atom stereocenters. The highest BCUT2D eigenvalue weighted by Crippen LogP contribution is 2.19. The van der Waals surface area contributed by atoms with E-state index in [2.05, 4.69) is 31.3 Å². The van der Waals surface area contributed by atoms with Gasteiger partial charge in [-0.1, -0.05) is 40.2 Å². The Balaban J connectivity index is 1.58. The van der Waals surface area contributed by atoms with Crippen LogP contribution in [0.3, 0.4) is 0 Å². The number of para-hydroxylation sites is 2. The summed E-state index contributed by atoms with van der Waals surface area (Å²) in [7, 11) is 0. The number of thiocarbonyl (C=S) groups is 1. The first kappa shape index (κ1) is 18.5. The van der Waals surface area contributed by atoms with E-state index in [4.69, 9.17) is 16.6 Å². The van der Waals surface area contributed by atoms with Crippen molar-refractivity contribution in [2.75, 3.05) is 0 Å². The Bertz CT molecular complexity index is 1110. The van der Waals surface area contributed by atoms with Gasteiger partial charge in [0.15, 0.2) is 16.7 Å². The van der Waals surface area contributed by atoms with Crippen LogP contribution in [0.25, 0.3) is 11.1 Å². The van der Waals surface area contributed by atoms with Gasteiger partial charge in [-0.3, -0.25) is 9.59 Å². The Morgan fingerprint density at radius 2 is 1.96 bits per heavy atom. The van der Waals surface area contributed by atoms with Crippen LogP contribution in [0.1, 0.15) is 23.2 Å². The Hall–Kier alpha value is -2.91. The number of aromatic nitrogens is 1. The van der Waals surface area contributed by atoms with Gasteiger partial charge in [0.2, 0.25) is 5.78 Å². The van der Waals surface area contributed by atoms with Crippen LogP contribution in [-0.2, 0) is 4.79 Å². The first-order valence-corrected chi connectivity index (χ1v) is 9.49. The van der Waals surface area contributed by atoms with Crippen LogP contribution >= 0.6 is 28.1 Å². The summed E-state index contributed by atoms with van der Waals surface area (Å²) >= 11 is 8.57. The maximum atomic E-state index is 12.7. The number of Topliss-reactive ketones (excluding diaryl/α,β-unsaturated/α-hetero) is 1. The van der Waals surface area contributed by atoms with Crippen molar-refractivity contribution in [1.29, 1.82) is 0 Å². The van der Waals surface area contributed by atoms with E-state index in [1.807, 2.05) is 24.3 Å². The molecule has 1 amide bonds. The number of carbonyl (C=O) groups excluding carboxylic acids is 2. The number of halogens is 1. The lowest BCUT2D eigenvalue weighted by molar-refractivity contribution is -0.126. The lowest BCUT2D eigenvalue weighted by atomic mass is 10.1. The second kappa shape index (κ2) is 7.25. The maximum Gasteiger partial charge on any atom is 0.280 e. The van der Waals surface area contributed by atoms with Crippen molar-refractivity contribution in [3.63, 3.8) is 0 Å². The quantitative estimate of drug-likeness (QED) is 0.280. The Kier molecular flexibility index (Phi) is 4.78. The molecule has 2 aromatic carbocycles. The van der Waals surface area contributed by atoms with E-state index < -0.39 is 17.7 Å². The van der Waals surface area contributed by atoms with Crippen LogP contribution < -0.4 is 5.32 Å². The molecule has 0 radical (unpaired) electrons. The highest BCUT2D eigenvalue weighted by Gasteiger charge is 2.42. The maximum absolute atomic E-state index is 12.7. The molecule has 1 N–H and O–H groups in total. The minimum absolute atomic E-state index is 0.0518. The standard InChI is InChI=1S/C19H13BrN4O3S/c1-10(11-6-8-12(20)9-7-11)23-24-18(26)15(22-19(24)28)16(25)17-21-13-4-2-3-5-14(13)27-17/h2-9,15H,1H3,(H,22,28)/b23-10+. The molecule has 0 aliphatic carbocycles. The average Bonchev–Trinajstić information content (AvgIpc) is 3.24.